The number of nitrogens with zero attached hydrogens (tertiary/aromatic N) is 6. The van der Waals surface area contributed by atoms with Gasteiger partial charge in [-0.25, -0.2) is 4.39 Å². The zero-order valence-electron chi connectivity index (χ0n) is 23.5. The van der Waals surface area contributed by atoms with Crippen molar-refractivity contribution in [2.75, 3.05) is 51.3 Å². The summed E-state index contributed by atoms with van der Waals surface area (Å²) in [6.45, 7) is 10.2. The number of hydrogen-bond acceptors (Lipinski definition) is 8. The first kappa shape index (κ1) is 27.1. The van der Waals surface area contributed by atoms with Crippen molar-refractivity contribution in [3.63, 3.8) is 0 Å². The fourth-order valence-electron chi connectivity index (χ4n) is 5.81. The van der Waals surface area contributed by atoms with Crippen molar-refractivity contribution in [2.24, 2.45) is 7.05 Å². The molecule has 9 nitrogen and oxygen atoms in total. The van der Waals surface area contributed by atoms with E-state index in [-0.39, 0.29) is 36.3 Å². The van der Waals surface area contributed by atoms with Crippen LogP contribution in [-0.2, 0) is 11.8 Å². The molecule has 0 radical (unpaired) electrons. The summed E-state index contributed by atoms with van der Waals surface area (Å²) in [5.74, 6) is 0.114. The average molecular weight is 568 g/mol. The second-order valence-corrected chi connectivity index (χ2v) is 11.5. The summed E-state index contributed by atoms with van der Waals surface area (Å²) in [6.07, 6.45) is 1.66. The zero-order chi connectivity index (χ0) is 28.1. The molecular weight excluding hydrogens is 533 g/mol. The van der Waals surface area contributed by atoms with Crippen LogP contribution in [0.1, 0.15) is 19.4 Å². The van der Waals surface area contributed by atoms with E-state index in [4.69, 9.17) is 26.1 Å². The average Bonchev–Trinajstić information content (AvgIpc) is 3.30. The lowest BCUT2D eigenvalue weighted by Crippen LogP contribution is -2.54. The summed E-state index contributed by atoms with van der Waals surface area (Å²) >= 11 is 6.92. The number of ether oxygens (including phenoxy) is 2. The van der Waals surface area contributed by atoms with Crippen LogP contribution in [0.4, 0.5) is 10.2 Å². The van der Waals surface area contributed by atoms with Crippen LogP contribution >= 0.6 is 11.6 Å². The Kier molecular flexibility index (Phi) is 7.28. The number of benzene rings is 2. The minimum absolute atomic E-state index is 0.115. The lowest BCUT2D eigenvalue weighted by Gasteiger charge is -2.39. The molecule has 2 aromatic carbocycles. The van der Waals surface area contributed by atoms with E-state index in [2.05, 4.69) is 46.1 Å². The van der Waals surface area contributed by atoms with E-state index < -0.39 is 5.82 Å². The van der Waals surface area contributed by atoms with E-state index in [0.29, 0.717) is 40.5 Å². The van der Waals surface area contributed by atoms with Gasteiger partial charge in [-0.3, -0.25) is 4.68 Å². The van der Waals surface area contributed by atoms with Gasteiger partial charge in [0.15, 0.2) is 5.82 Å². The Morgan fingerprint density at radius 2 is 2.00 bits per heavy atom. The smallest absolute Gasteiger partial charge is 0.319 e. The van der Waals surface area contributed by atoms with Gasteiger partial charge in [-0.1, -0.05) is 23.7 Å². The lowest BCUT2D eigenvalue weighted by molar-refractivity contribution is -0.0416. The molecule has 0 saturated carbocycles. The number of aromatic nitrogens is 4. The fraction of sp³-hybridized carbons (Fsp3) is 0.483. The highest BCUT2D eigenvalue weighted by atomic mass is 35.5. The molecule has 212 valence electrons. The number of anilines is 1. The SMILES string of the molecule is Cc1ccc2cnn(C)c2c1-c1c(Cl)cc2c(N3C[C@@H](C)NC[C@@H]3C)nc(OC[C@@H]3CN(C)CCO3)nc2c1F. The maximum absolute atomic E-state index is 16.8. The third-order valence-electron chi connectivity index (χ3n) is 7.98. The van der Waals surface area contributed by atoms with Crippen molar-refractivity contribution in [2.45, 2.75) is 39.0 Å². The monoisotopic (exact) mass is 567 g/mol. The van der Waals surface area contributed by atoms with Crippen molar-refractivity contribution in [3.8, 4) is 17.1 Å². The van der Waals surface area contributed by atoms with E-state index in [1.807, 2.05) is 26.1 Å². The zero-order valence-corrected chi connectivity index (χ0v) is 24.3. The van der Waals surface area contributed by atoms with Crippen molar-refractivity contribution in [1.82, 2.24) is 30.0 Å². The van der Waals surface area contributed by atoms with Crippen LogP contribution in [0.5, 0.6) is 6.01 Å². The van der Waals surface area contributed by atoms with Gasteiger partial charge in [0.1, 0.15) is 24.0 Å². The first-order valence-corrected chi connectivity index (χ1v) is 14.1. The minimum Gasteiger partial charge on any atom is -0.461 e. The van der Waals surface area contributed by atoms with Crippen LogP contribution in [0, 0.1) is 12.7 Å². The fourth-order valence-corrected chi connectivity index (χ4v) is 6.09. The molecule has 4 aromatic rings. The summed E-state index contributed by atoms with van der Waals surface area (Å²) in [5, 5.41) is 9.67. The van der Waals surface area contributed by atoms with Gasteiger partial charge in [-0.05, 0) is 39.4 Å². The van der Waals surface area contributed by atoms with Crippen LogP contribution in [0.15, 0.2) is 24.4 Å². The Morgan fingerprint density at radius 3 is 2.80 bits per heavy atom. The molecule has 2 aliphatic rings. The maximum atomic E-state index is 16.8. The summed E-state index contributed by atoms with van der Waals surface area (Å²) < 4.78 is 30.5. The Hall–Kier alpha value is -3.05. The molecule has 11 heteroatoms. The van der Waals surface area contributed by atoms with Gasteiger partial charge in [0.2, 0.25) is 0 Å². The maximum Gasteiger partial charge on any atom is 0.319 e. The van der Waals surface area contributed by atoms with Gasteiger partial charge in [-0.15, -0.1) is 0 Å². The molecule has 6 rings (SSSR count). The first-order valence-electron chi connectivity index (χ1n) is 13.8. The summed E-state index contributed by atoms with van der Waals surface area (Å²) in [6, 6.07) is 6.23. The second-order valence-electron chi connectivity index (χ2n) is 11.1. The number of fused-ring (bicyclic) bond motifs is 2. The predicted octanol–water partition coefficient (Wildman–Crippen LogP) is 4.18. The standard InChI is InChI=1S/C29H35ClFN7O2/c1-16-6-7-19-12-33-37(5)27(19)23(16)24-22(30)10-21-26(25(24)31)34-29(40-15-20-14-36(4)8-9-39-20)35-28(21)38-13-17(2)32-11-18(38)3/h6-7,10,12,17-18,20,32H,8-9,11,13-15H2,1-5H3/t17-,18+,20+/m1/s1. The highest BCUT2D eigenvalue weighted by molar-refractivity contribution is 6.35. The van der Waals surface area contributed by atoms with E-state index >= 15 is 4.39 Å². The minimum atomic E-state index is -0.503. The molecule has 4 heterocycles. The number of likely N-dealkylation sites (N-methyl/N-ethyl adjacent to an activating group) is 1. The Labute approximate surface area is 238 Å². The quantitative estimate of drug-likeness (QED) is 0.385. The molecule has 3 atom stereocenters. The molecular formula is C29H35ClFN7O2. The van der Waals surface area contributed by atoms with Crippen molar-refractivity contribution >= 4 is 39.2 Å². The molecule has 2 aromatic heterocycles. The normalized spacial score (nSPS) is 22.4. The third kappa shape index (κ3) is 4.87. The highest BCUT2D eigenvalue weighted by Gasteiger charge is 2.29. The lowest BCUT2D eigenvalue weighted by atomic mass is 9.96. The number of hydrogen-bond donors (Lipinski definition) is 1. The molecule has 1 N–H and O–H groups in total. The number of rotatable bonds is 5. The summed E-state index contributed by atoms with van der Waals surface area (Å²) in [7, 11) is 3.90. The number of piperazine rings is 1. The van der Waals surface area contributed by atoms with E-state index in [1.54, 1.807) is 16.9 Å². The van der Waals surface area contributed by atoms with Crippen molar-refractivity contribution in [1.29, 1.82) is 0 Å². The number of halogens is 2. The molecule has 0 spiro atoms. The van der Waals surface area contributed by atoms with Crippen LogP contribution in [0.25, 0.3) is 32.9 Å². The van der Waals surface area contributed by atoms with Gasteiger partial charge >= 0.3 is 6.01 Å². The van der Waals surface area contributed by atoms with Crippen LogP contribution in [0.2, 0.25) is 5.02 Å². The Bertz CT molecular complexity index is 1580. The molecule has 2 aliphatic heterocycles. The largest absolute Gasteiger partial charge is 0.461 e. The molecule has 0 unspecified atom stereocenters. The number of morpholine rings is 1. The van der Waals surface area contributed by atoms with Gasteiger partial charge in [0.05, 0.1) is 23.3 Å². The van der Waals surface area contributed by atoms with Gasteiger partial charge in [0.25, 0.3) is 0 Å². The molecule has 2 fully saturated rings. The Morgan fingerprint density at radius 1 is 1.18 bits per heavy atom. The van der Waals surface area contributed by atoms with Crippen molar-refractivity contribution < 1.29 is 13.9 Å². The molecule has 40 heavy (non-hydrogen) atoms. The van der Waals surface area contributed by atoms with Gasteiger partial charge < -0.3 is 24.6 Å². The van der Waals surface area contributed by atoms with Crippen LogP contribution in [-0.4, -0.2) is 89.3 Å². The van der Waals surface area contributed by atoms with Crippen molar-refractivity contribution in [3.05, 3.63) is 40.8 Å². The summed E-state index contributed by atoms with van der Waals surface area (Å²) in [4.78, 5) is 13.8. The topological polar surface area (TPSA) is 80.6 Å². The predicted molar refractivity (Wildman–Crippen MR) is 156 cm³/mol. The number of nitrogens with one attached hydrogen (secondary N) is 1. The van der Waals surface area contributed by atoms with E-state index in [1.165, 1.54) is 0 Å². The Balaban J connectivity index is 1.52. The second kappa shape index (κ2) is 10.7. The van der Waals surface area contributed by atoms with Crippen LogP contribution in [0.3, 0.4) is 0 Å². The summed E-state index contributed by atoms with van der Waals surface area (Å²) in [5.41, 5.74) is 2.89. The molecule has 0 bridgehead atoms. The first-order chi connectivity index (χ1) is 19.2. The van der Waals surface area contributed by atoms with Gasteiger partial charge in [0, 0.05) is 67.2 Å². The number of aryl methyl sites for hydroxylation is 2. The highest BCUT2D eigenvalue weighted by Crippen LogP contribution is 2.42. The van der Waals surface area contributed by atoms with Gasteiger partial charge in [-0.2, -0.15) is 15.1 Å². The third-order valence-corrected chi connectivity index (χ3v) is 8.28. The van der Waals surface area contributed by atoms with Crippen LogP contribution < -0.4 is 15.0 Å². The van der Waals surface area contributed by atoms with E-state index in [0.717, 1.165) is 36.1 Å². The molecule has 0 aliphatic carbocycles. The molecule has 2 saturated heterocycles. The van der Waals surface area contributed by atoms with E-state index in [9.17, 15) is 0 Å². The molecule has 0 amide bonds.